The second kappa shape index (κ2) is 18.8. The van der Waals surface area contributed by atoms with Gasteiger partial charge in [0.1, 0.15) is 17.9 Å². The highest BCUT2D eigenvalue weighted by Crippen LogP contribution is 2.37. The van der Waals surface area contributed by atoms with Crippen LogP contribution in [0, 0.1) is 0 Å². The van der Waals surface area contributed by atoms with Crippen LogP contribution in [-0.2, 0) is 32.9 Å². The molecule has 0 aliphatic heterocycles. The van der Waals surface area contributed by atoms with Crippen LogP contribution >= 0.6 is 0 Å². The zero-order chi connectivity index (χ0) is 37.4. The summed E-state index contributed by atoms with van der Waals surface area (Å²) in [5.74, 6) is 0.336. The number of nitrogens with one attached hydrogen (secondary N) is 3. The van der Waals surface area contributed by atoms with Crippen LogP contribution in [0.4, 0.5) is 0 Å². The van der Waals surface area contributed by atoms with Crippen molar-refractivity contribution in [2.75, 3.05) is 13.2 Å². The minimum Gasteiger partial charge on any atom is -0.492 e. The Balaban J connectivity index is 0.929. The first kappa shape index (κ1) is 37.2. The third-order valence-electron chi connectivity index (χ3n) is 9.13. The maximum Gasteiger partial charge on any atom is 0.226 e. The molecule has 3 N–H and O–H groups in total. The highest BCUT2D eigenvalue weighted by Gasteiger charge is 2.37. The summed E-state index contributed by atoms with van der Waals surface area (Å²) >= 11 is 0. The molecule has 0 saturated heterocycles. The Bertz CT molecular complexity index is 1980. The standard InChI is InChI=1S/C46H44N4O4/c51-43(22-13-23-44(52)50-46(38-16-7-2-8-17-38,39-18-9-3-10-19-39)40-20-11-4-12-21-40)47-30-31-54-42-28-25-36(26-29-42)37-24-27-41(48-34-37)32-45(53)49-33-35-14-5-1-6-15-35/h1-12,14-21,24-29,34H,13,22-23,30-33H2,(H,47,51)(H,49,53)(H,50,52). The predicted octanol–water partition coefficient (Wildman–Crippen LogP) is 7.38. The number of carbonyl (C=O) groups is 3. The molecular formula is C46H44N4O4. The van der Waals surface area contributed by atoms with E-state index in [1.54, 1.807) is 6.20 Å². The zero-order valence-electron chi connectivity index (χ0n) is 30.1. The van der Waals surface area contributed by atoms with E-state index in [9.17, 15) is 14.4 Å². The average molecular weight is 717 g/mol. The highest BCUT2D eigenvalue weighted by atomic mass is 16.5. The molecule has 0 atom stereocenters. The van der Waals surface area contributed by atoms with Crippen molar-refractivity contribution >= 4 is 17.7 Å². The van der Waals surface area contributed by atoms with Gasteiger partial charge in [-0.2, -0.15) is 0 Å². The number of ether oxygens (including phenoxy) is 1. The van der Waals surface area contributed by atoms with Crippen molar-refractivity contribution in [1.82, 2.24) is 20.9 Å². The summed E-state index contributed by atoms with van der Waals surface area (Å²) in [7, 11) is 0. The molecule has 1 aromatic heterocycles. The van der Waals surface area contributed by atoms with Gasteiger partial charge in [0.05, 0.1) is 13.0 Å². The summed E-state index contributed by atoms with van der Waals surface area (Å²) < 4.78 is 5.85. The topological polar surface area (TPSA) is 109 Å². The number of nitrogens with zero attached hydrogens (tertiary/aromatic N) is 1. The van der Waals surface area contributed by atoms with E-state index < -0.39 is 5.54 Å². The molecule has 1 heterocycles. The Kier molecular flexibility index (Phi) is 13.0. The van der Waals surface area contributed by atoms with Crippen molar-refractivity contribution < 1.29 is 19.1 Å². The molecular weight excluding hydrogens is 673 g/mol. The van der Waals surface area contributed by atoms with E-state index in [0.717, 1.165) is 33.4 Å². The lowest BCUT2D eigenvalue weighted by atomic mass is 9.77. The normalized spacial score (nSPS) is 11.0. The van der Waals surface area contributed by atoms with Crippen molar-refractivity contribution in [3.8, 4) is 16.9 Å². The predicted molar refractivity (Wildman–Crippen MR) is 211 cm³/mol. The smallest absolute Gasteiger partial charge is 0.226 e. The first-order valence-corrected chi connectivity index (χ1v) is 18.2. The van der Waals surface area contributed by atoms with Crippen molar-refractivity contribution in [3.63, 3.8) is 0 Å². The maximum absolute atomic E-state index is 13.5. The first-order valence-electron chi connectivity index (χ1n) is 18.2. The number of carbonyl (C=O) groups excluding carboxylic acids is 3. The molecule has 0 radical (unpaired) electrons. The lowest BCUT2D eigenvalue weighted by Crippen LogP contribution is -2.47. The Morgan fingerprint density at radius 3 is 1.65 bits per heavy atom. The van der Waals surface area contributed by atoms with E-state index >= 15 is 0 Å². The van der Waals surface area contributed by atoms with Gasteiger partial charge < -0.3 is 20.7 Å². The van der Waals surface area contributed by atoms with Crippen LogP contribution in [0.3, 0.4) is 0 Å². The number of hydrogen-bond donors (Lipinski definition) is 3. The van der Waals surface area contributed by atoms with Gasteiger partial charge in [0, 0.05) is 36.8 Å². The summed E-state index contributed by atoms with van der Waals surface area (Å²) in [5.41, 5.74) is 5.62. The van der Waals surface area contributed by atoms with Crippen molar-refractivity contribution in [2.24, 2.45) is 0 Å². The molecule has 8 heteroatoms. The van der Waals surface area contributed by atoms with Gasteiger partial charge in [-0.05, 0) is 52.4 Å². The summed E-state index contributed by atoms with van der Waals surface area (Å²) in [6.45, 7) is 1.14. The molecule has 0 saturated carbocycles. The van der Waals surface area contributed by atoms with Gasteiger partial charge in [-0.1, -0.05) is 140 Å². The summed E-state index contributed by atoms with van der Waals surface area (Å²) in [6, 6.07) is 51.2. The molecule has 6 rings (SSSR count). The van der Waals surface area contributed by atoms with Crippen LogP contribution in [0.15, 0.2) is 164 Å². The van der Waals surface area contributed by atoms with Crippen LogP contribution in [0.2, 0.25) is 0 Å². The summed E-state index contributed by atoms with van der Waals surface area (Å²) in [4.78, 5) is 43.0. The summed E-state index contributed by atoms with van der Waals surface area (Å²) in [6.07, 6.45) is 2.81. The molecule has 0 bridgehead atoms. The van der Waals surface area contributed by atoms with Gasteiger partial charge in [-0.15, -0.1) is 0 Å². The molecule has 3 amide bonds. The van der Waals surface area contributed by atoms with Crippen LogP contribution in [0.1, 0.15) is 47.2 Å². The van der Waals surface area contributed by atoms with E-state index in [-0.39, 0.29) is 37.0 Å². The van der Waals surface area contributed by atoms with Gasteiger partial charge in [0.25, 0.3) is 0 Å². The summed E-state index contributed by atoms with van der Waals surface area (Å²) in [5, 5.41) is 9.17. The number of benzene rings is 5. The first-order chi connectivity index (χ1) is 26.5. The molecule has 8 nitrogen and oxygen atoms in total. The second-order valence-electron chi connectivity index (χ2n) is 12.9. The van der Waals surface area contributed by atoms with Crippen LogP contribution in [-0.4, -0.2) is 35.9 Å². The van der Waals surface area contributed by atoms with Crippen LogP contribution < -0.4 is 20.7 Å². The quantitative estimate of drug-likeness (QED) is 0.0675. The SMILES string of the molecule is O=C(CCCC(=O)NC(c1ccccc1)(c1ccccc1)c1ccccc1)NCCOc1ccc(-c2ccc(CC(=O)NCc3ccccc3)nc2)cc1. The minimum atomic E-state index is -0.886. The van der Waals surface area contributed by atoms with Gasteiger partial charge in [0.2, 0.25) is 17.7 Å². The Morgan fingerprint density at radius 1 is 0.556 bits per heavy atom. The van der Waals surface area contributed by atoms with Gasteiger partial charge >= 0.3 is 0 Å². The van der Waals surface area contributed by atoms with E-state index in [2.05, 4.69) is 20.9 Å². The van der Waals surface area contributed by atoms with Crippen LogP contribution in [0.5, 0.6) is 5.75 Å². The average Bonchev–Trinajstić information content (AvgIpc) is 3.23. The Morgan fingerprint density at radius 2 is 1.09 bits per heavy atom. The maximum atomic E-state index is 13.5. The van der Waals surface area contributed by atoms with E-state index in [4.69, 9.17) is 4.74 Å². The Labute approximate surface area is 316 Å². The molecule has 272 valence electrons. The molecule has 0 unspecified atom stereocenters. The number of rotatable bonds is 17. The molecule has 0 fully saturated rings. The fourth-order valence-corrected chi connectivity index (χ4v) is 6.38. The molecule has 6 aromatic rings. The lowest BCUT2D eigenvalue weighted by Gasteiger charge is -2.37. The number of hydrogen-bond acceptors (Lipinski definition) is 5. The fraction of sp³-hybridized carbons (Fsp3) is 0.174. The number of aromatic nitrogens is 1. The lowest BCUT2D eigenvalue weighted by molar-refractivity contribution is -0.123. The largest absolute Gasteiger partial charge is 0.492 e. The number of amides is 3. The van der Waals surface area contributed by atoms with Gasteiger partial charge in [0.15, 0.2) is 0 Å². The third-order valence-corrected chi connectivity index (χ3v) is 9.13. The Hall–Kier alpha value is -6.54. The van der Waals surface area contributed by atoms with Crippen molar-refractivity contribution in [1.29, 1.82) is 0 Å². The number of pyridine rings is 1. The van der Waals surface area contributed by atoms with E-state index in [0.29, 0.717) is 37.6 Å². The molecule has 0 aliphatic carbocycles. The van der Waals surface area contributed by atoms with Crippen LogP contribution in [0.25, 0.3) is 11.1 Å². The van der Waals surface area contributed by atoms with Crippen molar-refractivity contribution in [3.05, 3.63) is 192 Å². The van der Waals surface area contributed by atoms with E-state index in [1.165, 1.54) is 0 Å². The minimum absolute atomic E-state index is 0.0760. The third kappa shape index (κ3) is 10.1. The fourth-order valence-electron chi connectivity index (χ4n) is 6.38. The molecule has 0 aliphatic rings. The highest BCUT2D eigenvalue weighted by molar-refractivity contribution is 5.81. The molecule has 5 aromatic carbocycles. The van der Waals surface area contributed by atoms with Crippen molar-refractivity contribution in [2.45, 2.75) is 37.8 Å². The monoisotopic (exact) mass is 716 g/mol. The van der Waals surface area contributed by atoms with Gasteiger partial charge in [-0.3, -0.25) is 19.4 Å². The van der Waals surface area contributed by atoms with Gasteiger partial charge in [-0.25, -0.2) is 0 Å². The van der Waals surface area contributed by atoms with E-state index in [1.807, 2.05) is 158 Å². The zero-order valence-corrected chi connectivity index (χ0v) is 30.1. The molecule has 54 heavy (non-hydrogen) atoms. The molecule has 0 spiro atoms. The second-order valence-corrected chi connectivity index (χ2v) is 12.9.